The summed E-state index contributed by atoms with van der Waals surface area (Å²) in [6.45, 7) is 7.40. The summed E-state index contributed by atoms with van der Waals surface area (Å²) in [7, 11) is 3.29. The molecular formula is C23H31N3O4. The van der Waals surface area contributed by atoms with Crippen molar-refractivity contribution >= 4 is 11.6 Å². The highest BCUT2D eigenvalue weighted by molar-refractivity contribution is 5.92. The van der Waals surface area contributed by atoms with Crippen LogP contribution in [0.15, 0.2) is 42.5 Å². The molecule has 3 rings (SSSR count). The summed E-state index contributed by atoms with van der Waals surface area (Å²) >= 11 is 0. The van der Waals surface area contributed by atoms with Crippen molar-refractivity contribution in [2.45, 2.75) is 13.5 Å². The summed E-state index contributed by atoms with van der Waals surface area (Å²) in [6.07, 6.45) is 0. The van der Waals surface area contributed by atoms with Crippen LogP contribution >= 0.6 is 0 Å². The van der Waals surface area contributed by atoms with Crippen molar-refractivity contribution in [2.24, 2.45) is 0 Å². The van der Waals surface area contributed by atoms with Crippen molar-refractivity contribution in [3.63, 3.8) is 0 Å². The van der Waals surface area contributed by atoms with Gasteiger partial charge in [0, 0.05) is 38.4 Å². The van der Waals surface area contributed by atoms with Crippen molar-refractivity contribution in [1.82, 2.24) is 9.80 Å². The van der Waals surface area contributed by atoms with E-state index in [0.29, 0.717) is 13.2 Å². The highest BCUT2D eigenvalue weighted by atomic mass is 16.5. The van der Waals surface area contributed by atoms with Gasteiger partial charge in [-0.25, -0.2) is 0 Å². The molecule has 0 aliphatic carbocycles. The van der Waals surface area contributed by atoms with E-state index in [2.05, 4.69) is 21.2 Å². The summed E-state index contributed by atoms with van der Waals surface area (Å²) in [5.41, 5.74) is 1.98. The van der Waals surface area contributed by atoms with Gasteiger partial charge in [0.2, 0.25) is 5.91 Å². The van der Waals surface area contributed by atoms with E-state index in [-0.39, 0.29) is 5.91 Å². The summed E-state index contributed by atoms with van der Waals surface area (Å²) in [4.78, 5) is 17.0. The van der Waals surface area contributed by atoms with Crippen LogP contribution in [0.5, 0.6) is 17.2 Å². The second-order valence-electron chi connectivity index (χ2n) is 7.25. The number of nitrogens with zero attached hydrogens (tertiary/aromatic N) is 2. The van der Waals surface area contributed by atoms with E-state index in [4.69, 9.17) is 14.2 Å². The lowest BCUT2D eigenvalue weighted by molar-refractivity contribution is -0.117. The third-order valence-corrected chi connectivity index (χ3v) is 5.14. The van der Waals surface area contributed by atoms with Gasteiger partial charge in [0.05, 0.1) is 27.4 Å². The molecule has 1 fully saturated rings. The molecule has 0 unspecified atom stereocenters. The summed E-state index contributed by atoms with van der Waals surface area (Å²) in [5.74, 6) is 2.30. The molecule has 1 aliphatic heterocycles. The standard InChI is InChI=1S/C23H31N3O4/c1-4-30-20-8-6-19(7-9-20)24-23(27)17-26-13-11-25(12-14-26)16-18-5-10-21(28-2)22(15-18)29-3/h5-10,15H,4,11-14,16-17H2,1-3H3,(H,24,27). The first kappa shape index (κ1) is 21.9. The van der Waals surface area contributed by atoms with Gasteiger partial charge in [-0.1, -0.05) is 6.07 Å². The summed E-state index contributed by atoms with van der Waals surface area (Å²) in [5, 5.41) is 2.96. The number of ether oxygens (including phenoxy) is 3. The first-order chi connectivity index (χ1) is 14.6. The quantitative estimate of drug-likeness (QED) is 0.682. The fourth-order valence-electron chi connectivity index (χ4n) is 3.55. The largest absolute Gasteiger partial charge is 0.494 e. The lowest BCUT2D eigenvalue weighted by Crippen LogP contribution is -2.48. The molecule has 7 nitrogen and oxygen atoms in total. The fourth-order valence-corrected chi connectivity index (χ4v) is 3.55. The van der Waals surface area contributed by atoms with Crippen LogP contribution in [-0.4, -0.2) is 69.3 Å². The second-order valence-corrected chi connectivity index (χ2v) is 7.25. The topological polar surface area (TPSA) is 63.3 Å². The molecule has 0 aromatic heterocycles. The Bertz CT molecular complexity index is 818. The molecule has 0 bridgehead atoms. The number of rotatable bonds is 9. The molecule has 162 valence electrons. The SMILES string of the molecule is CCOc1ccc(NC(=O)CN2CCN(Cc3ccc(OC)c(OC)c3)CC2)cc1. The fraction of sp³-hybridized carbons (Fsp3) is 0.435. The van der Waals surface area contributed by atoms with Gasteiger partial charge >= 0.3 is 0 Å². The van der Waals surface area contributed by atoms with E-state index < -0.39 is 0 Å². The van der Waals surface area contributed by atoms with Crippen LogP contribution in [0.25, 0.3) is 0 Å². The van der Waals surface area contributed by atoms with Gasteiger partial charge in [-0.05, 0) is 48.9 Å². The number of nitrogens with one attached hydrogen (secondary N) is 1. The molecule has 0 atom stereocenters. The Morgan fingerprint density at radius 3 is 2.23 bits per heavy atom. The van der Waals surface area contributed by atoms with Gasteiger partial charge in [0.1, 0.15) is 5.75 Å². The lowest BCUT2D eigenvalue weighted by atomic mass is 10.1. The van der Waals surface area contributed by atoms with Crippen molar-refractivity contribution in [3.05, 3.63) is 48.0 Å². The van der Waals surface area contributed by atoms with Gasteiger partial charge in [0.15, 0.2) is 11.5 Å². The van der Waals surface area contributed by atoms with E-state index >= 15 is 0 Å². The Labute approximate surface area is 178 Å². The lowest BCUT2D eigenvalue weighted by Gasteiger charge is -2.34. The number of piperazine rings is 1. The minimum Gasteiger partial charge on any atom is -0.494 e. The molecular weight excluding hydrogens is 382 g/mol. The first-order valence-corrected chi connectivity index (χ1v) is 10.3. The Morgan fingerprint density at radius 2 is 1.60 bits per heavy atom. The number of methoxy groups -OCH3 is 2. The Morgan fingerprint density at radius 1 is 0.933 bits per heavy atom. The van der Waals surface area contributed by atoms with E-state index in [9.17, 15) is 4.79 Å². The summed E-state index contributed by atoms with van der Waals surface area (Å²) < 4.78 is 16.1. The minimum absolute atomic E-state index is 0.00695. The molecule has 2 aromatic rings. The van der Waals surface area contributed by atoms with Gasteiger partial charge in [-0.2, -0.15) is 0 Å². The van der Waals surface area contributed by atoms with Crippen LogP contribution in [0.4, 0.5) is 5.69 Å². The molecule has 2 aromatic carbocycles. The number of carbonyl (C=O) groups excluding carboxylic acids is 1. The van der Waals surface area contributed by atoms with E-state index in [0.717, 1.165) is 55.7 Å². The van der Waals surface area contributed by atoms with Crippen molar-refractivity contribution in [3.8, 4) is 17.2 Å². The number of hydrogen-bond donors (Lipinski definition) is 1. The monoisotopic (exact) mass is 413 g/mol. The molecule has 1 heterocycles. The molecule has 0 spiro atoms. The third kappa shape index (κ3) is 6.11. The first-order valence-electron chi connectivity index (χ1n) is 10.3. The van der Waals surface area contributed by atoms with Crippen LogP contribution in [0, 0.1) is 0 Å². The number of amides is 1. The van der Waals surface area contributed by atoms with Crippen molar-refractivity contribution in [2.75, 3.05) is 58.9 Å². The summed E-state index contributed by atoms with van der Waals surface area (Å²) in [6, 6.07) is 13.5. The molecule has 1 aliphatic rings. The number of benzene rings is 2. The van der Waals surface area contributed by atoms with Gasteiger partial charge in [-0.15, -0.1) is 0 Å². The number of anilines is 1. The van der Waals surface area contributed by atoms with Crippen LogP contribution < -0.4 is 19.5 Å². The maximum absolute atomic E-state index is 12.4. The highest BCUT2D eigenvalue weighted by Crippen LogP contribution is 2.28. The highest BCUT2D eigenvalue weighted by Gasteiger charge is 2.19. The van der Waals surface area contributed by atoms with Gasteiger partial charge < -0.3 is 19.5 Å². The Hall–Kier alpha value is -2.77. The smallest absolute Gasteiger partial charge is 0.238 e. The van der Waals surface area contributed by atoms with Crippen molar-refractivity contribution < 1.29 is 19.0 Å². The molecule has 1 saturated heterocycles. The average molecular weight is 414 g/mol. The second kappa shape index (κ2) is 10.8. The van der Waals surface area contributed by atoms with Crippen LogP contribution in [0.1, 0.15) is 12.5 Å². The van der Waals surface area contributed by atoms with Crippen LogP contribution in [0.3, 0.4) is 0 Å². The van der Waals surface area contributed by atoms with E-state index in [1.54, 1.807) is 14.2 Å². The van der Waals surface area contributed by atoms with Gasteiger partial charge in [-0.3, -0.25) is 14.6 Å². The number of hydrogen-bond acceptors (Lipinski definition) is 6. The zero-order chi connectivity index (χ0) is 21.3. The Balaban J connectivity index is 1.43. The van der Waals surface area contributed by atoms with Crippen LogP contribution in [0.2, 0.25) is 0 Å². The average Bonchev–Trinajstić information content (AvgIpc) is 2.76. The van der Waals surface area contributed by atoms with E-state index in [1.165, 1.54) is 5.56 Å². The van der Waals surface area contributed by atoms with E-state index in [1.807, 2.05) is 43.3 Å². The van der Waals surface area contributed by atoms with Gasteiger partial charge in [0.25, 0.3) is 0 Å². The number of carbonyl (C=O) groups is 1. The maximum Gasteiger partial charge on any atom is 0.238 e. The molecule has 1 N–H and O–H groups in total. The predicted molar refractivity (Wildman–Crippen MR) is 118 cm³/mol. The van der Waals surface area contributed by atoms with Crippen LogP contribution in [-0.2, 0) is 11.3 Å². The molecule has 7 heteroatoms. The zero-order valence-corrected chi connectivity index (χ0v) is 18.0. The normalized spacial score (nSPS) is 14.9. The molecule has 0 radical (unpaired) electrons. The maximum atomic E-state index is 12.4. The minimum atomic E-state index is 0.00695. The van der Waals surface area contributed by atoms with Crippen molar-refractivity contribution in [1.29, 1.82) is 0 Å². The molecule has 1 amide bonds. The molecule has 0 saturated carbocycles. The third-order valence-electron chi connectivity index (χ3n) is 5.14. The predicted octanol–water partition coefficient (Wildman–Crippen LogP) is 2.86. The zero-order valence-electron chi connectivity index (χ0n) is 18.0. The molecule has 30 heavy (non-hydrogen) atoms. The Kier molecular flexibility index (Phi) is 7.93.